The molecular formula is C13H18N4O3. The van der Waals surface area contributed by atoms with Crippen molar-refractivity contribution in [3.8, 4) is 0 Å². The highest BCUT2D eigenvalue weighted by Gasteiger charge is 2.17. The fraction of sp³-hybridized carbons (Fsp3) is 0.462. The van der Waals surface area contributed by atoms with Crippen molar-refractivity contribution in [3.05, 3.63) is 33.9 Å². The zero-order valence-electron chi connectivity index (χ0n) is 11.4. The standard InChI is InChI=1S/C13H18N4O3/c1-10-11(3-2-4-12(10)17(19)20)15-9-13(18)16-7-5-14-6-8-16/h2-4,14-15H,5-9H2,1H3. The Kier molecular flexibility index (Phi) is 4.52. The molecule has 1 aliphatic rings. The summed E-state index contributed by atoms with van der Waals surface area (Å²) in [7, 11) is 0. The summed E-state index contributed by atoms with van der Waals surface area (Å²) in [6, 6.07) is 4.81. The summed E-state index contributed by atoms with van der Waals surface area (Å²) < 4.78 is 0. The van der Waals surface area contributed by atoms with Crippen LogP contribution >= 0.6 is 0 Å². The predicted octanol–water partition coefficient (Wildman–Crippen LogP) is 0.747. The van der Waals surface area contributed by atoms with Crippen LogP contribution in [0.25, 0.3) is 0 Å². The monoisotopic (exact) mass is 278 g/mol. The van der Waals surface area contributed by atoms with Crippen LogP contribution in [0.15, 0.2) is 18.2 Å². The average molecular weight is 278 g/mol. The van der Waals surface area contributed by atoms with Crippen LogP contribution in [0.3, 0.4) is 0 Å². The SMILES string of the molecule is Cc1c(NCC(=O)N2CCNCC2)cccc1[N+](=O)[O-]. The van der Waals surface area contributed by atoms with Gasteiger partial charge in [0, 0.05) is 43.5 Å². The fourth-order valence-electron chi connectivity index (χ4n) is 2.21. The van der Waals surface area contributed by atoms with Crippen molar-refractivity contribution in [2.75, 3.05) is 38.0 Å². The average Bonchev–Trinajstić information content (AvgIpc) is 2.46. The minimum absolute atomic E-state index is 0.0115. The van der Waals surface area contributed by atoms with Gasteiger partial charge in [-0.15, -0.1) is 0 Å². The second-order valence-corrected chi connectivity index (χ2v) is 4.69. The number of nitrogens with zero attached hydrogens (tertiary/aromatic N) is 2. The molecule has 0 spiro atoms. The first kappa shape index (κ1) is 14.3. The maximum Gasteiger partial charge on any atom is 0.274 e. The molecule has 2 N–H and O–H groups in total. The highest BCUT2D eigenvalue weighted by Crippen LogP contribution is 2.24. The normalized spacial score (nSPS) is 14.9. The van der Waals surface area contributed by atoms with Crippen LogP contribution in [-0.4, -0.2) is 48.5 Å². The zero-order valence-corrected chi connectivity index (χ0v) is 11.4. The number of anilines is 1. The molecule has 1 aromatic rings. The Morgan fingerprint density at radius 2 is 2.15 bits per heavy atom. The van der Waals surface area contributed by atoms with E-state index < -0.39 is 4.92 Å². The van der Waals surface area contributed by atoms with Crippen molar-refractivity contribution < 1.29 is 9.72 Å². The Bertz CT molecular complexity index is 512. The van der Waals surface area contributed by atoms with Crippen LogP contribution in [-0.2, 0) is 4.79 Å². The molecule has 7 nitrogen and oxygen atoms in total. The van der Waals surface area contributed by atoms with Gasteiger partial charge in [0.1, 0.15) is 0 Å². The molecule has 7 heteroatoms. The third kappa shape index (κ3) is 3.24. The van der Waals surface area contributed by atoms with Gasteiger partial charge < -0.3 is 15.5 Å². The zero-order chi connectivity index (χ0) is 14.5. The van der Waals surface area contributed by atoms with Crippen LogP contribution in [0.2, 0.25) is 0 Å². The smallest absolute Gasteiger partial charge is 0.274 e. The van der Waals surface area contributed by atoms with Gasteiger partial charge in [-0.25, -0.2) is 0 Å². The maximum absolute atomic E-state index is 12.0. The molecule has 1 aliphatic heterocycles. The van der Waals surface area contributed by atoms with E-state index in [0.29, 0.717) is 24.3 Å². The van der Waals surface area contributed by atoms with Crippen LogP contribution in [0.4, 0.5) is 11.4 Å². The molecule has 1 fully saturated rings. The van der Waals surface area contributed by atoms with Crippen LogP contribution in [0, 0.1) is 17.0 Å². The summed E-state index contributed by atoms with van der Waals surface area (Å²) in [5, 5.41) is 17.0. The highest BCUT2D eigenvalue weighted by atomic mass is 16.6. The van der Waals surface area contributed by atoms with Crippen molar-refractivity contribution in [3.63, 3.8) is 0 Å². The van der Waals surface area contributed by atoms with E-state index in [1.807, 2.05) is 0 Å². The van der Waals surface area contributed by atoms with Gasteiger partial charge in [-0.1, -0.05) is 6.07 Å². The third-order valence-corrected chi connectivity index (χ3v) is 3.40. The van der Waals surface area contributed by atoms with Gasteiger partial charge in [-0.2, -0.15) is 0 Å². The molecule has 0 bridgehead atoms. The fourth-order valence-corrected chi connectivity index (χ4v) is 2.21. The second-order valence-electron chi connectivity index (χ2n) is 4.69. The van der Waals surface area contributed by atoms with E-state index >= 15 is 0 Å². The molecule has 1 aromatic carbocycles. The van der Waals surface area contributed by atoms with Crippen molar-refractivity contribution >= 4 is 17.3 Å². The van der Waals surface area contributed by atoms with E-state index in [2.05, 4.69) is 10.6 Å². The van der Waals surface area contributed by atoms with Gasteiger partial charge in [-0.3, -0.25) is 14.9 Å². The number of amides is 1. The van der Waals surface area contributed by atoms with Crippen molar-refractivity contribution in [2.24, 2.45) is 0 Å². The van der Waals surface area contributed by atoms with E-state index in [1.165, 1.54) is 6.07 Å². The quantitative estimate of drug-likeness (QED) is 0.626. The van der Waals surface area contributed by atoms with E-state index in [-0.39, 0.29) is 18.1 Å². The summed E-state index contributed by atoms with van der Waals surface area (Å²) in [5.74, 6) is 0.0115. The van der Waals surface area contributed by atoms with Crippen LogP contribution in [0.5, 0.6) is 0 Å². The summed E-state index contributed by atoms with van der Waals surface area (Å²) in [6.07, 6.45) is 0. The lowest BCUT2D eigenvalue weighted by molar-refractivity contribution is -0.385. The molecular weight excluding hydrogens is 260 g/mol. The van der Waals surface area contributed by atoms with Crippen molar-refractivity contribution in [1.82, 2.24) is 10.2 Å². The first-order valence-electron chi connectivity index (χ1n) is 6.56. The van der Waals surface area contributed by atoms with Gasteiger partial charge in [0.05, 0.1) is 11.5 Å². The Morgan fingerprint density at radius 1 is 1.45 bits per heavy atom. The predicted molar refractivity (Wildman–Crippen MR) is 75.8 cm³/mol. The van der Waals surface area contributed by atoms with Gasteiger partial charge in [0.2, 0.25) is 5.91 Å². The molecule has 20 heavy (non-hydrogen) atoms. The Labute approximate surface area is 117 Å². The van der Waals surface area contributed by atoms with Gasteiger partial charge >= 0.3 is 0 Å². The molecule has 1 heterocycles. The maximum atomic E-state index is 12.0. The largest absolute Gasteiger partial charge is 0.376 e. The second kappa shape index (κ2) is 6.33. The number of carbonyl (C=O) groups is 1. The molecule has 108 valence electrons. The molecule has 0 saturated carbocycles. The van der Waals surface area contributed by atoms with Crippen LogP contribution < -0.4 is 10.6 Å². The third-order valence-electron chi connectivity index (χ3n) is 3.40. The number of hydrogen-bond donors (Lipinski definition) is 2. The highest BCUT2D eigenvalue weighted by molar-refractivity contribution is 5.81. The first-order valence-corrected chi connectivity index (χ1v) is 6.56. The topological polar surface area (TPSA) is 87.5 Å². The number of carbonyl (C=O) groups excluding carboxylic acids is 1. The van der Waals surface area contributed by atoms with E-state index in [0.717, 1.165) is 13.1 Å². The number of benzene rings is 1. The number of piperazine rings is 1. The van der Waals surface area contributed by atoms with Crippen molar-refractivity contribution in [2.45, 2.75) is 6.92 Å². The van der Waals surface area contributed by atoms with Gasteiger partial charge in [0.25, 0.3) is 5.69 Å². The van der Waals surface area contributed by atoms with Crippen LogP contribution in [0.1, 0.15) is 5.56 Å². The summed E-state index contributed by atoms with van der Waals surface area (Å²) >= 11 is 0. The molecule has 0 radical (unpaired) electrons. The molecule has 1 saturated heterocycles. The first-order chi connectivity index (χ1) is 9.59. The Hall–Kier alpha value is -2.15. The van der Waals surface area contributed by atoms with Gasteiger partial charge in [-0.05, 0) is 13.0 Å². The summed E-state index contributed by atoms with van der Waals surface area (Å²) in [5.41, 5.74) is 1.23. The summed E-state index contributed by atoms with van der Waals surface area (Å²) in [6.45, 7) is 4.85. The minimum Gasteiger partial charge on any atom is -0.376 e. The van der Waals surface area contributed by atoms with E-state index in [1.54, 1.807) is 24.0 Å². The lowest BCUT2D eigenvalue weighted by Gasteiger charge is -2.27. The Morgan fingerprint density at radius 3 is 2.80 bits per heavy atom. The number of rotatable bonds is 4. The minimum atomic E-state index is -0.418. The lowest BCUT2D eigenvalue weighted by atomic mass is 10.1. The number of nitro groups is 1. The number of nitrogens with one attached hydrogen (secondary N) is 2. The molecule has 0 aromatic heterocycles. The van der Waals surface area contributed by atoms with Crippen molar-refractivity contribution in [1.29, 1.82) is 0 Å². The number of hydrogen-bond acceptors (Lipinski definition) is 5. The molecule has 0 atom stereocenters. The summed E-state index contributed by atoms with van der Waals surface area (Å²) in [4.78, 5) is 24.2. The molecule has 1 amide bonds. The Balaban J connectivity index is 1.98. The molecule has 0 unspecified atom stereocenters. The molecule has 0 aliphatic carbocycles. The lowest BCUT2D eigenvalue weighted by Crippen LogP contribution is -2.48. The van der Waals surface area contributed by atoms with E-state index in [4.69, 9.17) is 0 Å². The van der Waals surface area contributed by atoms with E-state index in [9.17, 15) is 14.9 Å². The van der Waals surface area contributed by atoms with Gasteiger partial charge in [0.15, 0.2) is 0 Å². The number of nitro benzene ring substituents is 1. The molecule has 2 rings (SSSR count).